The van der Waals surface area contributed by atoms with Gasteiger partial charge in [-0.1, -0.05) is 133 Å². The van der Waals surface area contributed by atoms with Gasteiger partial charge in [0.25, 0.3) is 0 Å². The van der Waals surface area contributed by atoms with Crippen LogP contribution in [0.15, 0.2) is 121 Å². The second kappa shape index (κ2) is 13.1. The van der Waals surface area contributed by atoms with Crippen LogP contribution in [0.3, 0.4) is 0 Å². The quantitative estimate of drug-likeness (QED) is 0.113. The number of halogens is 1. The highest BCUT2D eigenvalue weighted by Crippen LogP contribution is 2.43. The van der Waals surface area contributed by atoms with Crippen LogP contribution in [0.2, 0.25) is 5.02 Å². The summed E-state index contributed by atoms with van der Waals surface area (Å²) in [4.78, 5) is 11.7. The average Bonchev–Trinajstić information content (AvgIpc) is 3.02. The molecule has 5 aromatic carbocycles. The van der Waals surface area contributed by atoms with Crippen molar-refractivity contribution in [1.82, 2.24) is 0 Å². The minimum absolute atomic E-state index is 0.0876. The molecule has 0 unspecified atom stereocenters. The minimum Gasteiger partial charge on any atom is -0.463 e. The van der Waals surface area contributed by atoms with Crippen molar-refractivity contribution in [3.63, 3.8) is 0 Å². The molecule has 5 heteroatoms. The highest BCUT2D eigenvalue weighted by molar-refractivity contribution is 6.36. The van der Waals surface area contributed by atoms with Crippen molar-refractivity contribution in [1.29, 1.82) is 0 Å². The summed E-state index contributed by atoms with van der Waals surface area (Å²) >= 11 is 7.18. The SMILES string of the molecule is CC(=O)OCC(C)(C)O[C@H](COC(c1ccccc1)(c1ccccc1)c1ccccc1)c1c(C)cc2ccccc2c1Cl. The second-order valence-corrected chi connectivity index (χ2v) is 11.8. The van der Waals surface area contributed by atoms with E-state index in [4.69, 9.17) is 25.8 Å². The summed E-state index contributed by atoms with van der Waals surface area (Å²) < 4.78 is 19.4. The van der Waals surface area contributed by atoms with Gasteiger partial charge in [0.2, 0.25) is 0 Å². The van der Waals surface area contributed by atoms with Crippen LogP contribution in [0, 0.1) is 6.92 Å². The van der Waals surface area contributed by atoms with Crippen LogP contribution in [-0.4, -0.2) is 24.8 Å². The van der Waals surface area contributed by atoms with E-state index in [2.05, 4.69) is 48.5 Å². The molecule has 0 aromatic heterocycles. The molecule has 0 amide bonds. The van der Waals surface area contributed by atoms with Gasteiger partial charge in [-0.25, -0.2) is 0 Å². The van der Waals surface area contributed by atoms with E-state index in [1.165, 1.54) is 6.92 Å². The monoisotopic (exact) mass is 592 g/mol. The molecule has 0 radical (unpaired) electrons. The summed E-state index contributed by atoms with van der Waals surface area (Å²) in [5.41, 5.74) is 3.05. The predicted molar refractivity (Wildman–Crippen MR) is 173 cm³/mol. The zero-order valence-corrected chi connectivity index (χ0v) is 25.8. The fraction of sp³-hybridized carbons (Fsp3) is 0.237. The van der Waals surface area contributed by atoms with Gasteiger partial charge in [-0.3, -0.25) is 4.79 Å². The third-order valence-corrected chi connectivity index (χ3v) is 8.04. The Labute approximate surface area is 259 Å². The Morgan fingerprint density at radius 2 is 1.26 bits per heavy atom. The average molecular weight is 593 g/mol. The summed E-state index contributed by atoms with van der Waals surface area (Å²) in [7, 11) is 0. The lowest BCUT2D eigenvalue weighted by atomic mass is 9.80. The van der Waals surface area contributed by atoms with Crippen molar-refractivity contribution in [3.8, 4) is 0 Å². The first kappa shape index (κ1) is 30.5. The third-order valence-electron chi connectivity index (χ3n) is 7.63. The van der Waals surface area contributed by atoms with E-state index in [1.54, 1.807) is 0 Å². The van der Waals surface area contributed by atoms with Gasteiger partial charge in [0.1, 0.15) is 18.3 Å². The van der Waals surface area contributed by atoms with E-state index in [9.17, 15) is 4.79 Å². The number of carbonyl (C=O) groups excluding carboxylic acids is 1. The Morgan fingerprint density at radius 1 is 0.767 bits per heavy atom. The van der Waals surface area contributed by atoms with Gasteiger partial charge in [0, 0.05) is 17.9 Å². The van der Waals surface area contributed by atoms with Crippen LogP contribution in [0.4, 0.5) is 0 Å². The number of ether oxygens (including phenoxy) is 3. The van der Waals surface area contributed by atoms with Crippen molar-refractivity contribution >= 4 is 28.3 Å². The summed E-state index contributed by atoms with van der Waals surface area (Å²) in [5.74, 6) is -0.361. The molecule has 43 heavy (non-hydrogen) atoms. The number of benzene rings is 5. The number of aryl methyl sites for hydroxylation is 1. The van der Waals surface area contributed by atoms with E-state index in [0.29, 0.717) is 5.02 Å². The Kier molecular flexibility index (Phi) is 9.31. The molecule has 0 aliphatic rings. The molecule has 0 saturated heterocycles. The molecule has 0 saturated carbocycles. The summed E-state index contributed by atoms with van der Waals surface area (Å²) in [5, 5.41) is 2.62. The van der Waals surface area contributed by atoms with E-state index in [-0.39, 0.29) is 19.2 Å². The standard InChI is InChI=1S/C38H37ClO4/c1-27-24-29-16-14-15-23-33(29)36(39)35(27)34(43-37(3,4)26-41-28(2)40)25-42-38(30-17-8-5-9-18-30,31-19-10-6-11-20-31)32-21-12-7-13-22-32/h5-24,34H,25-26H2,1-4H3/t34-/m1/s1. The van der Waals surface area contributed by atoms with Gasteiger partial charge in [-0.2, -0.15) is 0 Å². The normalized spacial score (nSPS) is 12.7. The van der Waals surface area contributed by atoms with Crippen molar-refractivity contribution in [3.05, 3.63) is 154 Å². The zero-order valence-electron chi connectivity index (χ0n) is 25.0. The maximum atomic E-state index is 11.7. The molecule has 4 nitrogen and oxygen atoms in total. The smallest absolute Gasteiger partial charge is 0.302 e. The number of hydrogen-bond acceptors (Lipinski definition) is 4. The molecule has 1 atom stereocenters. The largest absolute Gasteiger partial charge is 0.463 e. The van der Waals surface area contributed by atoms with Crippen LogP contribution >= 0.6 is 11.6 Å². The lowest BCUT2D eigenvalue weighted by molar-refractivity contribution is -0.164. The minimum atomic E-state index is -0.942. The van der Waals surface area contributed by atoms with Gasteiger partial charge >= 0.3 is 5.97 Å². The van der Waals surface area contributed by atoms with Crippen molar-refractivity contribution in [2.24, 2.45) is 0 Å². The third kappa shape index (κ3) is 6.67. The number of fused-ring (bicyclic) bond motifs is 1. The Bertz CT molecular complexity index is 1570. The van der Waals surface area contributed by atoms with Crippen LogP contribution in [-0.2, 0) is 24.6 Å². The molecule has 0 fully saturated rings. The van der Waals surface area contributed by atoms with Gasteiger partial charge < -0.3 is 14.2 Å². The van der Waals surface area contributed by atoms with Gasteiger partial charge in [0.15, 0.2) is 0 Å². The molecule has 0 heterocycles. The fourth-order valence-electron chi connectivity index (χ4n) is 5.69. The maximum Gasteiger partial charge on any atom is 0.302 e. The van der Waals surface area contributed by atoms with Crippen molar-refractivity contribution in [2.45, 2.75) is 45.0 Å². The molecule has 5 aromatic rings. The zero-order chi connectivity index (χ0) is 30.5. The van der Waals surface area contributed by atoms with Crippen LogP contribution in [0.25, 0.3) is 10.8 Å². The lowest BCUT2D eigenvalue weighted by Crippen LogP contribution is -2.38. The molecule has 5 rings (SSSR count). The van der Waals surface area contributed by atoms with Crippen LogP contribution in [0.1, 0.15) is 54.7 Å². The Balaban J connectivity index is 1.66. The van der Waals surface area contributed by atoms with Crippen LogP contribution in [0.5, 0.6) is 0 Å². The van der Waals surface area contributed by atoms with Gasteiger partial charge in [-0.05, 0) is 48.4 Å². The number of carbonyl (C=O) groups is 1. The molecule has 0 spiro atoms. The molecule has 0 N–H and O–H groups in total. The van der Waals surface area contributed by atoms with E-state index < -0.39 is 17.3 Å². The van der Waals surface area contributed by atoms with Crippen LogP contribution < -0.4 is 0 Å². The summed E-state index contributed by atoms with van der Waals surface area (Å²) in [6.07, 6.45) is -0.585. The topological polar surface area (TPSA) is 44.8 Å². The van der Waals surface area contributed by atoms with Crippen molar-refractivity contribution < 1.29 is 19.0 Å². The maximum absolute atomic E-state index is 11.7. The first-order valence-corrected chi connectivity index (χ1v) is 14.9. The molecular weight excluding hydrogens is 556 g/mol. The highest BCUT2D eigenvalue weighted by Gasteiger charge is 2.39. The van der Waals surface area contributed by atoms with E-state index in [1.807, 2.05) is 93.6 Å². The Hall–Kier alpha value is -3.96. The fourth-order valence-corrected chi connectivity index (χ4v) is 6.13. The summed E-state index contributed by atoms with van der Waals surface area (Å²) in [6.45, 7) is 7.51. The molecule has 0 aliphatic heterocycles. The highest BCUT2D eigenvalue weighted by atomic mass is 35.5. The first-order chi connectivity index (χ1) is 20.7. The van der Waals surface area contributed by atoms with E-state index in [0.717, 1.165) is 38.6 Å². The predicted octanol–water partition coefficient (Wildman–Crippen LogP) is 9.21. The lowest BCUT2D eigenvalue weighted by Gasteiger charge is -2.39. The number of rotatable bonds is 11. The van der Waals surface area contributed by atoms with Gasteiger partial charge in [0.05, 0.1) is 17.2 Å². The number of esters is 1. The molecule has 220 valence electrons. The molecule has 0 bridgehead atoms. The molecule has 0 aliphatic carbocycles. The van der Waals surface area contributed by atoms with Gasteiger partial charge in [-0.15, -0.1) is 0 Å². The second-order valence-electron chi connectivity index (χ2n) is 11.4. The summed E-state index contributed by atoms with van der Waals surface area (Å²) in [6, 6.07) is 40.9. The van der Waals surface area contributed by atoms with Crippen molar-refractivity contribution in [2.75, 3.05) is 13.2 Å². The first-order valence-electron chi connectivity index (χ1n) is 14.5. The number of hydrogen-bond donors (Lipinski definition) is 0. The molecular formula is C38H37ClO4. The Morgan fingerprint density at radius 3 is 1.77 bits per heavy atom. The van der Waals surface area contributed by atoms with E-state index >= 15 is 0 Å².